The second-order valence-corrected chi connectivity index (χ2v) is 7.04. The van der Waals surface area contributed by atoms with Gasteiger partial charge in [0, 0.05) is 21.1 Å². The number of benzene rings is 1. The molecule has 0 fully saturated rings. The quantitative estimate of drug-likeness (QED) is 0.533. The van der Waals surface area contributed by atoms with Gasteiger partial charge < -0.3 is 5.32 Å². The highest BCUT2D eigenvalue weighted by Crippen LogP contribution is 2.28. The second-order valence-electron chi connectivity index (χ2n) is 4.31. The number of hydrogen-bond acceptors (Lipinski definition) is 5. The number of halogens is 2. The SMILES string of the molecule is O=C(CSc1ncnc2sccc12)Nc1cc(Cl)cc(Cl)c1. The van der Waals surface area contributed by atoms with E-state index in [1.165, 1.54) is 18.1 Å². The fourth-order valence-corrected chi connectivity index (χ4v) is 3.94. The number of hydrogen-bond donors (Lipinski definition) is 1. The Balaban J connectivity index is 1.66. The third kappa shape index (κ3) is 3.70. The molecular weight excluding hydrogens is 361 g/mol. The summed E-state index contributed by atoms with van der Waals surface area (Å²) in [4.78, 5) is 21.3. The van der Waals surface area contributed by atoms with Crippen LogP contribution in [-0.4, -0.2) is 21.6 Å². The van der Waals surface area contributed by atoms with Gasteiger partial charge in [-0.1, -0.05) is 35.0 Å². The third-order valence-electron chi connectivity index (χ3n) is 2.71. The highest BCUT2D eigenvalue weighted by atomic mass is 35.5. The molecule has 4 nitrogen and oxygen atoms in total. The molecule has 8 heteroatoms. The third-order valence-corrected chi connectivity index (χ3v) is 4.97. The molecule has 0 spiro atoms. The molecule has 0 aliphatic carbocycles. The number of fused-ring (bicyclic) bond motifs is 1. The zero-order valence-electron chi connectivity index (χ0n) is 11.0. The molecule has 2 aromatic heterocycles. The van der Waals surface area contributed by atoms with Gasteiger partial charge in [-0.05, 0) is 29.6 Å². The molecule has 1 aromatic carbocycles. The number of rotatable bonds is 4. The molecule has 1 amide bonds. The van der Waals surface area contributed by atoms with Crippen LogP contribution in [0.1, 0.15) is 0 Å². The van der Waals surface area contributed by atoms with Gasteiger partial charge in [-0.2, -0.15) is 0 Å². The smallest absolute Gasteiger partial charge is 0.234 e. The summed E-state index contributed by atoms with van der Waals surface area (Å²) in [6, 6.07) is 6.87. The van der Waals surface area contributed by atoms with Crippen LogP contribution in [0.3, 0.4) is 0 Å². The molecule has 22 heavy (non-hydrogen) atoms. The van der Waals surface area contributed by atoms with Crippen LogP contribution in [0.15, 0.2) is 41.0 Å². The Morgan fingerprint density at radius 3 is 2.77 bits per heavy atom. The molecule has 3 rings (SSSR count). The summed E-state index contributed by atoms with van der Waals surface area (Å²) in [5.74, 6) is 0.0943. The summed E-state index contributed by atoms with van der Waals surface area (Å²) < 4.78 is 0. The molecular formula is C14H9Cl2N3OS2. The van der Waals surface area contributed by atoms with E-state index in [0.717, 1.165) is 15.2 Å². The van der Waals surface area contributed by atoms with Crippen molar-refractivity contribution in [1.82, 2.24) is 9.97 Å². The molecule has 0 unspecified atom stereocenters. The van der Waals surface area contributed by atoms with E-state index in [1.54, 1.807) is 29.5 Å². The summed E-state index contributed by atoms with van der Waals surface area (Å²) in [5, 5.41) is 7.44. The van der Waals surface area contributed by atoms with Crippen molar-refractivity contribution in [2.75, 3.05) is 11.1 Å². The molecule has 2 heterocycles. The first kappa shape index (κ1) is 15.6. The minimum absolute atomic E-state index is 0.148. The number of anilines is 1. The minimum Gasteiger partial charge on any atom is -0.325 e. The average molecular weight is 370 g/mol. The fraction of sp³-hybridized carbons (Fsp3) is 0.0714. The Bertz CT molecular complexity index is 818. The van der Waals surface area contributed by atoms with Gasteiger partial charge in [-0.15, -0.1) is 11.3 Å². The topological polar surface area (TPSA) is 54.9 Å². The standard InChI is InChI=1S/C14H9Cl2N3OS2/c15-8-3-9(16)5-10(4-8)19-12(20)6-22-14-11-1-2-21-13(11)17-7-18-14/h1-5,7H,6H2,(H,19,20). The second kappa shape index (κ2) is 6.83. The Kier molecular flexibility index (Phi) is 4.83. The lowest BCUT2D eigenvalue weighted by Crippen LogP contribution is -2.14. The first-order valence-electron chi connectivity index (χ1n) is 6.19. The fourth-order valence-electron chi connectivity index (χ4n) is 1.84. The van der Waals surface area contributed by atoms with Gasteiger partial charge in [0.2, 0.25) is 5.91 Å². The molecule has 112 valence electrons. The number of amides is 1. The molecule has 3 aromatic rings. The van der Waals surface area contributed by atoms with Crippen LogP contribution in [0.5, 0.6) is 0 Å². The number of nitrogens with zero attached hydrogens (tertiary/aromatic N) is 2. The van der Waals surface area contributed by atoms with Crippen molar-refractivity contribution in [2.24, 2.45) is 0 Å². The average Bonchev–Trinajstić information content (AvgIpc) is 2.92. The lowest BCUT2D eigenvalue weighted by Gasteiger charge is -2.06. The Morgan fingerprint density at radius 2 is 2.00 bits per heavy atom. The summed E-state index contributed by atoms with van der Waals surface area (Å²) in [7, 11) is 0. The van der Waals surface area contributed by atoms with E-state index in [1.807, 2.05) is 11.4 Å². The van der Waals surface area contributed by atoms with Gasteiger partial charge in [0.15, 0.2) is 0 Å². The maximum atomic E-state index is 12.0. The predicted molar refractivity (Wildman–Crippen MR) is 93.2 cm³/mol. The van der Waals surface area contributed by atoms with Crippen molar-refractivity contribution < 1.29 is 4.79 Å². The lowest BCUT2D eigenvalue weighted by atomic mass is 10.3. The molecule has 0 aliphatic heterocycles. The van der Waals surface area contributed by atoms with Crippen molar-refractivity contribution in [2.45, 2.75) is 5.03 Å². The van der Waals surface area contributed by atoms with Gasteiger partial charge in [0.1, 0.15) is 16.2 Å². The molecule has 0 aliphatic rings. The van der Waals surface area contributed by atoms with Gasteiger partial charge in [-0.25, -0.2) is 9.97 Å². The number of thiophene rings is 1. The molecule has 0 saturated heterocycles. The van der Waals surface area contributed by atoms with Crippen molar-refractivity contribution in [3.63, 3.8) is 0 Å². The Labute approximate surface area is 144 Å². The van der Waals surface area contributed by atoms with E-state index in [-0.39, 0.29) is 11.7 Å². The molecule has 0 atom stereocenters. The van der Waals surface area contributed by atoms with Crippen LogP contribution in [0, 0.1) is 0 Å². The molecule has 0 saturated carbocycles. The number of carbonyl (C=O) groups excluding carboxylic acids is 1. The van der Waals surface area contributed by atoms with E-state index in [9.17, 15) is 4.79 Å². The maximum Gasteiger partial charge on any atom is 0.234 e. The van der Waals surface area contributed by atoms with Crippen LogP contribution >= 0.6 is 46.3 Å². The highest BCUT2D eigenvalue weighted by Gasteiger charge is 2.09. The number of aromatic nitrogens is 2. The Hall–Kier alpha value is -1.34. The maximum absolute atomic E-state index is 12.0. The van der Waals surface area contributed by atoms with Crippen molar-refractivity contribution in [3.8, 4) is 0 Å². The zero-order chi connectivity index (χ0) is 15.5. The van der Waals surface area contributed by atoms with Crippen LogP contribution in [0.25, 0.3) is 10.2 Å². The number of thioether (sulfide) groups is 1. The van der Waals surface area contributed by atoms with Crippen molar-refractivity contribution in [3.05, 3.63) is 46.0 Å². The van der Waals surface area contributed by atoms with E-state index in [0.29, 0.717) is 15.7 Å². The molecule has 0 radical (unpaired) electrons. The summed E-state index contributed by atoms with van der Waals surface area (Å²) in [6.45, 7) is 0. The summed E-state index contributed by atoms with van der Waals surface area (Å²) in [5.41, 5.74) is 0.575. The first-order valence-corrected chi connectivity index (χ1v) is 8.81. The van der Waals surface area contributed by atoms with Gasteiger partial charge in [0.05, 0.1) is 5.75 Å². The van der Waals surface area contributed by atoms with Crippen LogP contribution in [-0.2, 0) is 4.79 Å². The summed E-state index contributed by atoms with van der Waals surface area (Å²) >= 11 is 14.7. The van der Waals surface area contributed by atoms with E-state index >= 15 is 0 Å². The van der Waals surface area contributed by atoms with Crippen LogP contribution < -0.4 is 5.32 Å². The van der Waals surface area contributed by atoms with Gasteiger partial charge >= 0.3 is 0 Å². The minimum atomic E-state index is -0.148. The number of carbonyl (C=O) groups is 1. The number of nitrogens with one attached hydrogen (secondary N) is 1. The lowest BCUT2D eigenvalue weighted by molar-refractivity contribution is -0.113. The largest absolute Gasteiger partial charge is 0.325 e. The van der Waals surface area contributed by atoms with Crippen LogP contribution in [0.2, 0.25) is 10.0 Å². The van der Waals surface area contributed by atoms with Gasteiger partial charge in [0.25, 0.3) is 0 Å². The Morgan fingerprint density at radius 1 is 1.23 bits per heavy atom. The van der Waals surface area contributed by atoms with Gasteiger partial charge in [-0.3, -0.25) is 4.79 Å². The monoisotopic (exact) mass is 369 g/mol. The van der Waals surface area contributed by atoms with E-state index < -0.39 is 0 Å². The zero-order valence-corrected chi connectivity index (χ0v) is 14.2. The van der Waals surface area contributed by atoms with Crippen molar-refractivity contribution in [1.29, 1.82) is 0 Å². The predicted octanol–water partition coefficient (Wildman–Crippen LogP) is 4.73. The molecule has 1 N–H and O–H groups in total. The summed E-state index contributed by atoms with van der Waals surface area (Å²) in [6.07, 6.45) is 1.51. The molecule has 0 bridgehead atoms. The van der Waals surface area contributed by atoms with Crippen molar-refractivity contribution >= 4 is 68.1 Å². The van der Waals surface area contributed by atoms with E-state index in [4.69, 9.17) is 23.2 Å². The van der Waals surface area contributed by atoms with E-state index in [2.05, 4.69) is 15.3 Å². The van der Waals surface area contributed by atoms with Crippen LogP contribution in [0.4, 0.5) is 5.69 Å². The normalized spacial score (nSPS) is 10.8. The highest BCUT2D eigenvalue weighted by molar-refractivity contribution is 8.00. The first-order chi connectivity index (χ1) is 10.6.